The number of allylic oxidation sites excluding steroid dienone is 2. The molecule has 1 aromatic rings. The van der Waals surface area contributed by atoms with Gasteiger partial charge in [-0.1, -0.05) is 63.2 Å². The van der Waals surface area contributed by atoms with Gasteiger partial charge in [-0.25, -0.2) is 0 Å². The van der Waals surface area contributed by atoms with E-state index in [1.807, 2.05) is 0 Å². The summed E-state index contributed by atoms with van der Waals surface area (Å²) < 4.78 is 6.06. The third-order valence-corrected chi connectivity index (χ3v) is 7.12. The van der Waals surface area contributed by atoms with Crippen LogP contribution < -0.4 is 4.74 Å². The van der Waals surface area contributed by atoms with Gasteiger partial charge in [0.1, 0.15) is 5.75 Å². The molecule has 0 aliphatic heterocycles. The fourth-order valence-electron chi connectivity index (χ4n) is 5.16. The minimum Gasteiger partial charge on any atom is -0.493 e. The number of hydrogen-bond acceptors (Lipinski definition) is 1. The molecule has 0 radical (unpaired) electrons. The second-order valence-corrected chi connectivity index (χ2v) is 9.64. The van der Waals surface area contributed by atoms with Gasteiger partial charge in [-0.3, -0.25) is 0 Å². The topological polar surface area (TPSA) is 9.23 Å². The van der Waals surface area contributed by atoms with E-state index in [1.165, 1.54) is 76.2 Å². The summed E-state index contributed by atoms with van der Waals surface area (Å²) in [7, 11) is 0. The Balaban J connectivity index is 1.31. The predicted octanol–water partition coefficient (Wildman–Crippen LogP) is 7.99. The van der Waals surface area contributed by atoms with Crippen molar-refractivity contribution in [3.05, 3.63) is 42.0 Å². The van der Waals surface area contributed by atoms with Crippen molar-refractivity contribution in [2.24, 2.45) is 23.7 Å². The first-order valence-corrected chi connectivity index (χ1v) is 12.7. The Morgan fingerprint density at radius 3 is 2.23 bits per heavy atom. The smallest absolute Gasteiger partial charge is 0.119 e. The van der Waals surface area contributed by atoms with Gasteiger partial charge in [0.05, 0.1) is 6.61 Å². The van der Waals surface area contributed by atoms with Gasteiger partial charge in [0.15, 0.2) is 0 Å². The molecule has 0 amide bonds. The van der Waals surface area contributed by atoms with Gasteiger partial charge in [0.2, 0.25) is 0 Å². The highest BCUT2D eigenvalue weighted by atomic mass is 16.5. The molecule has 1 nitrogen and oxygen atoms in total. The summed E-state index contributed by atoms with van der Waals surface area (Å²) in [5.74, 6) is 10.9. The zero-order chi connectivity index (χ0) is 21.0. The van der Waals surface area contributed by atoms with E-state index in [2.05, 4.69) is 62.1 Å². The zero-order valence-electron chi connectivity index (χ0n) is 19.4. The molecule has 1 aromatic carbocycles. The SMILES string of the molecule is CCCc1ccc(OC[C@H]2CC[C@H](C#CC=C[C@H]3CC[C@H](CCC)CC3)CC2)cc1. The van der Waals surface area contributed by atoms with Crippen LogP contribution in [0.2, 0.25) is 0 Å². The largest absolute Gasteiger partial charge is 0.493 e. The number of benzene rings is 1. The first-order valence-electron chi connectivity index (χ1n) is 12.7. The molecule has 0 N–H and O–H groups in total. The second-order valence-electron chi connectivity index (χ2n) is 9.64. The van der Waals surface area contributed by atoms with E-state index in [9.17, 15) is 0 Å². The summed E-state index contributed by atoms with van der Waals surface area (Å²) >= 11 is 0. The molecule has 0 heterocycles. The van der Waals surface area contributed by atoms with Gasteiger partial charge in [-0.15, -0.1) is 0 Å². The summed E-state index contributed by atoms with van der Waals surface area (Å²) in [6, 6.07) is 8.67. The number of ether oxygens (including phenoxy) is 1. The van der Waals surface area contributed by atoms with E-state index in [0.717, 1.165) is 30.6 Å². The zero-order valence-corrected chi connectivity index (χ0v) is 19.4. The van der Waals surface area contributed by atoms with Crippen LogP contribution in [0.25, 0.3) is 0 Å². The van der Waals surface area contributed by atoms with Crippen LogP contribution in [-0.4, -0.2) is 6.61 Å². The van der Waals surface area contributed by atoms with Gasteiger partial charge >= 0.3 is 0 Å². The molecule has 2 aliphatic carbocycles. The highest BCUT2D eigenvalue weighted by Gasteiger charge is 2.20. The summed E-state index contributed by atoms with van der Waals surface area (Å²) in [6.07, 6.45) is 20.2. The van der Waals surface area contributed by atoms with E-state index in [-0.39, 0.29) is 0 Å². The van der Waals surface area contributed by atoms with Crippen molar-refractivity contribution in [2.45, 2.75) is 90.9 Å². The fraction of sp³-hybridized carbons (Fsp3) is 0.655. The van der Waals surface area contributed by atoms with Crippen LogP contribution in [-0.2, 0) is 6.42 Å². The summed E-state index contributed by atoms with van der Waals surface area (Å²) in [5.41, 5.74) is 1.40. The molecular formula is C29H42O. The van der Waals surface area contributed by atoms with E-state index in [0.29, 0.717) is 11.8 Å². The lowest BCUT2D eigenvalue weighted by molar-refractivity contribution is 0.196. The van der Waals surface area contributed by atoms with Crippen molar-refractivity contribution in [3.8, 4) is 17.6 Å². The third-order valence-electron chi connectivity index (χ3n) is 7.12. The third kappa shape index (κ3) is 7.86. The van der Waals surface area contributed by atoms with Crippen LogP contribution in [0.4, 0.5) is 0 Å². The Hall–Kier alpha value is -1.68. The molecule has 0 spiro atoms. The molecule has 1 heteroatoms. The van der Waals surface area contributed by atoms with Crippen molar-refractivity contribution in [3.63, 3.8) is 0 Å². The van der Waals surface area contributed by atoms with Crippen molar-refractivity contribution < 1.29 is 4.74 Å². The average Bonchev–Trinajstić information content (AvgIpc) is 2.78. The lowest BCUT2D eigenvalue weighted by Gasteiger charge is -2.26. The summed E-state index contributed by atoms with van der Waals surface area (Å²) in [4.78, 5) is 0. The molecule has 0 unspecified atom stereocenters. The Morgan fingerprint density at radius 1 is 0.867 bits per heavy atom. The number of aryl methyl sites for hydroxylation is 1. The van der Waals surface area contributed by atoms with Crippen molar-refractivity contribution >= 4 is 0 Å². The lowest BCUT2D eigenvalue weighted by Crippen LogP contribution is -2.19. The van der Waals surface area contributed by atoms with Crippen molar-refractivity contribution in [2.75, 3.05) is 6.61 Å². The van der Waals surface area contributed by atoms with E-state index in [4.69, 9.17) is 4.74 Å². The maximum absolute atomic E-state index is 6.06. The molecule has 2 aliphatic rings. The van der Waals surface area contributed by atoms with E-state index in [1.54, 1.807) is 0 Å². The molecule has 0 atom stereocenters. The first-order chi connectivity index (χ1) is 14.8. The van der Waals surface area contributed by atoms with E-state index >= 15 is 0 Å². The summed E-state index contributed by atoms with van der Waals surface area (Å²) in [6.45, 7) is 5.39. The van der Waals surface area contributed by atoms with Gasteiger partial charge in [-0.2, -0.15) is 0 Å². The van der Waals surface area contributed by atoms with E-state index < -0.39 is 0 Å². The van der Waals surface area contributed by atoms with Gasteiger partial charge in [0, 0.05) is 5.92 Å². The fourth-order valence-corrected chi connectivity index (χ4v) is 5.16. The maximum Gasteiger partial charge on any atom is 0.119 e. The van der Waals surface area contributed by atoms with Crippen LogP contribution in [0, 0.1) is 35.5 Å². The lowest BCUT2D eigenvalue weighted by atomic mass is 9.80. The minimum absolute atomic E-state index is 0.583. The van der Waals surface area contributed by atoms with Crippen LogP contribution >= 0.6 is 0 Å². The van der Waals surface area contributed by atoms with Crippen LogP contribution in [0.5, 0.6) is 5.75 Å². The van der Waals surface area contributed by atoms with Crippen LogP contribution in [0.3, 0.4) is 0 Å². The monoisotopic (exact) mass is 406 g/mol. The van der Waals surface area contributed by atoms with Crippen LogP contribution in [0.15, 0.2) is 36.4 Å². The molecule has 0 bridgehead atoms. The van der Waals surface area contributed by atoms with Gasteiger partial charge in [0.25, 0.3) is 0 Å². The highest BCUT2D eigenvalue weighted by molar-refractivity contribution is 5.27. The quantitative estimate of drug-likeness (QED) is 0.397. The van der Waals surface area contributed by atoms with Gasteiger partial charge < -0.3 is 4.74 Å². The molecule has 0 saturated heterocycles. The maximum atomic E-state index is 6.06. The predicted molar refractivity (Wildman–Crippen MR) is 129 cm³/mol. The highest BCUT2D eigenvalue weighted by Crippen LogP contribution is 2.32. The Morgan fingerprint density at radius 2 is 1.57 bits per heavy atom. The molecule has 164 valence electrons. The van der Waals surface area contributed by atoms with Crippen LogP contribution in [0.1, 0.15) is 90.0 Å². The average molecular weight is 407 g/mol. The molecule has 2 fully saturated rings. The molecule has 2 saturated carbocycles. The Bertz CT molecular complexity index is 673. The minimum atomic E-state index is 0.583. The first kappa shape index (κ1) is 23.0. The second kappa shape index (κ2) is 12.9. The Kier molecular flexibility index (Phi) is 9.88. The van der Waals surface area contributed by atoms with Crippen molar-refractivity contribution in [1.29, 1.82) is 0 Å². The molecule has 30 heavy (non-hydrogen) atoms. The molecule has 0 aromatic heterocycles. The van der Waals surface area contributed by atoms with Gasteiger partial charge in [-0.05, 0) is 99.3 Å². The Labute approximate surface area is 185 Å². The molecular weight excluding hydrogens is 364 g/mol. The van der Waals surface area contributed by atoms with Crippen molar-refractivity contribution in [1.82, 2.24) is 0 Å². The number of hydrogen-bond donors (Lipinski definition) is 0. The summed E-state index contributed by atoms with van der Waals surface area (Å²) in [5, 5.41) is 0. The standard InChI is InChI=1S/C29H42O/c1-3-7-24-11-13-26(14-12-24)9-5-6-10-27-15-17-28(18-16-27)23-30-29-21-19-25(8-4-2)20-22-29/h5,9,19-22,24,26-28H,3-4,7-8,11-18,23H2,1-2H3/t24-,26-,27-,28-. The molecule has 3 rings (SSSR count). The normalized spacial score (nSPS) is 26.9. The number of rotatable bonds is 8.